The molecule has 0 aromatic heterocycles. The van der Waals surface area contributed by atoms with Crippen LogP contribution < -0.4 is 4.74 Å². The lowest BCUT2D eigenvalue weighted by molar-refractivity contribution is -0.137. The zero-order valence-corrected chi connectivity index (χ0v) is 7.97. The Hall–Kier alpha value is -0.770. The quantitative estimate of drug-likeness (QED) is 0.612. The third-order valence-corrected chi connectivity index (χ3v) is 1.78. The van der Waals surface area contributed by atoms with E-state index in [4.69, 9.17) is 28.3 Å². The van der Waals surface area contributed by atoms with Crippen molar-refractivity contribution in [3.8, 4) is 5.75 Å². The summed E-state index contributed by atoms with van der Waals surface area (Å²) in [5.74, 6) is -0.575. The predicted molar refractivity (Wildman–Crippen MR) is 49.2 cm³/mol. The Kier molecular flexibility index (Phi) is 3.54. The molecule has 0 aliphatic carbocycles. The summed E-state index contributed by atoms with van der Waals surface area (Å²) in [6, 6.07) is 4.44. The van der Waals surface area contributed by atoms with Crippen molar-refractivity contribution in [2.75, 3.05) is 6.61 Å². The van der Waals surface area contributed by atoms with Gasteiger partial charge < -0.3 is 9.84 Å². The fraction of sp³-hybridized carbons (Fsp3) is 0.125. The molecule has 0 amide bonds. The smallest absolute Gasteiger partial charge is 0.337 e. The van der Waals surface area contributed by atoms with E-state index in [1.54, 1.807) is 0 Å². The van der Waals surface area contributed by atoms with Crippen LogP contribution in [0.1, 0.15) is 0 Å². The molecule has 0 saturated heterocycles. The molecule has 1 N–H and O–H groups in total. The van der Waals surface area contributed by atoms with Crippen molar-refractivity contribution in [1.82, 2.24) is 0 Å². The Bertz CT molecular complexity index is 325. The number of halogens is 2. The van der Waals surface area contributed by atoms with E-state index in [0.717, 1.165) is 0 Å². The molecule has 0 atom stereocenters. The number of aliphatic hydroxyl groups excluding tert-OH is 1. The molecule has 0 fully saturated rings. The van der Waals surface area contributed by atoms with Crippen molar-refractivity contribution in [3.63, 3.8) is 0 Å². The lowest BCUT2D eigenvalue weighted by atomic mass is 10.3. The molecule has 13 heavy (non-hydrogen) atoms. The summed E-state index contributed by atoms with van der Waals surface area (Å²) in [7, 11) is 0. The fourth-order valence-electron chi connectivity index (χ4n) is 0.713. The van der Waals surface area contributed by atoms with E-state index in [2.05, 4.69) is 4.74 Å². The predicted octanol–water partition coefficient (Wildman–Crippen LogP) is 1.89. The van der Waals surface area contributed by atoms with Crippen LogP contribution in [0, 0.1) is 0 Å². The van der Waals surface area contributed by atoms with Gasteiger partial charge in [0.05, 0.1) is 5.02 Å². The van der Waals surface area contributed by atoms with Crippen molar-refractivity contribution in [3.05, 3.63) is 28.2 Å². The SMILES string of the molecule is O=C(CO)Oc1ccc(Cl)cc1Cl. The Morgan fingerprint density at radius 2 is 2.15 bits per heavy atom. The number of hydrogen-bond donors (Lipinski definition) is 1. The van der Waals surface area contributed by atoms with E-state index in [9.17, 15) is 4.79 Å². The molecule has 0 heterocycles. The highest BCUT2D eigenvalue weighted by molar-refractivity contribution is 6.35. The van der Waals surface area contributed by atoms with Gasteiger partial charge in [-0.3, -0.25) is 0 Å². The number of hydrogen-bond acceptors (Lipinski definition) is 3. The van der Waals surface area contributed by atoms with Crippen LogP contribution in [0.4, 0.5) is 0 Å². The Balaban J connectivity index is 2.83. The van der Waals surface area contributed by atoms with E-state index >= 15 is 0 Å². The summed E-state index contributed by atoms with van der Waals surface area (Å²) in [6.07, 6.45) is 0. The summed E-state index contributed by atoms with van der Waals surface area (Å²) >= 11 is 11.3. The van der Waals surface area contributed by atoms with Crippen molar-refractivity contribution in [1.29, 1.82) is 0 Å². The lowest BCUT2D eigenvalue weighted by Gasteiger charge is -2.03. The summed E-state index contributed by atoms with van der Waals surface area (Å²) in [5, 5.41) is 9.08. The molecule has 70 valence electrons. The van der Waals surface area contributed by atoms with Crippen molar-refractivity contribution in [2.24, 2.45) is 0 Å². The second-order valence-corrected chi connectivity index (χ2v) is 3.05. The van der Waals surface area contributed by atoms with Crippen LogP contribution in [0.25, 0.3) is 0 Å². The van der Waals surface area contributed by atoms with Gasteiger partial charge in [0.2, 0.25) is 0 Å². The minimum Gasteiger partial charge on any atom is -0.423 e. The van der Waals surface area contributed by atoms with Gasteiger partial charge >= 0.3 is 5.97 Å². The van der Waals surface area contributed by atoms with E-state index in [1.807, 2.05) is 0 Å². The number of carbonyl (C=O) groups is 1. The fourth-order valence-corrected chi connectivity index (χ4v) is 1.16. The van der Waals surface area contributed by atoms with Gasteiger partial charge in [0, 0.05) is 5.02 Å². The molecule has 0 radical (unpaired) electrons. The van der Waals surface area contributed by atoms with Crippen LogP contribution >= 0.6 is 23.2 Å². The molecule has 0 aliphatic heterocycles. The first-order chi connectivity index (χ1) is 6.13. The summed E-state index contributed by atoms with van der Waals surface area (Å²) in [6.45, 7) is -0.682. The molecular formula is C8H6Cl2O3. The van der Waals surface area contributed by atoms with E-state index in [-0.39, 0.29) is 10.8 Å². The molecule has 0 spiro atoms. The average Bonchev–Trinajstić information content (AvgIpc) is 2.09. The highest BCUT2D eigenvalue weighted by atomic mass is 35.5. The largest absolute Gasteiger partial charge is 0.423 e. The van der Waals surface area contributed by atoms with Crippen molar-refractivity contribution >= 4 is 29.2 Å². The maximum Gasteiger partial charge on any atom is 0.337 e. The second kappa shape index (κ2) is 4.46. The van der Waals surface area contributed by atoms with Gasteiger partial charge in [-0.15, -0.1) is 0 Å². The first kappa shape index (κ1) is 10.3. The van der Waals surface area contributed by atoms with Gasteiger partial charge in [-0.1, -0.05) is 23.2 Å². The number of ether oxygens (including phenoxy) is 1. The molecule has 0 saturated carbocycles. The van der Waals surface area contributed by atoms with Gasteiger partial charge in [0.15, 0.2) is 0 Å². The Morgan fingerprint density at radius 1 is 1.46 bits per heavy atom. The molecule has 0 aliphatic rings. The molecule has 1 aromatic rings. The molecule has 1 aromatic carbocycles. The van der Waals surface area contributed by atoms with E-state index in [0.29, 0.717) is 5.02 Å². The van der Waals surface area contributed by atoms with Crippen LogP contribution in [0.15, 0.2) is 18.2 Å². The normalized spacial score (nSPS) is 9.77. The zero-order valence-electron chi connectivity index (χ0n) is 6.46. The van der Waals surface area contributed by atoms with Crippen LogP contribution in [0.2, 0.25) is 10.0 Å². The molecule has 0 bridgehead atoms. The third kappa shape index (κ3) is 2.88. The average molecular weight is 221 g/mol. The maximum absolute atomic E-state index is 10.7. The number of rotatable bonds is 2. The number of benzene rings is 1. The van der Waals surface area contributed by atoms with Crippen LogP contribution in [-0.4, -0.2) is 17.7 Å². The van der Waals surface area contributed by atoms with E-state index in [1.165, 1.54) is 18.2 Å². The number of esters is 1. The third-order valence-electron chi connectivity index (χ3n) is 1.25. The summed E-state index contributed by atoms with van der Waals surface area (Å²) in [5.41, 5.74) is 0. The van der Waals surface area contributed by atoms with E-state index < -0.39 is 12.6 Å². The van der Waals surface area contributed by atoms with Crippen molar-refractivity contribution in [2.45, 2.75) is 0 Å². The molecule has 5 heteroatoms. The van der Waals surface area contributed by atoms with Gasteiger partial charge in [-0.25, -0.2) is 4.79 Å². The van der Waals surface area contributed by atoms with Crippen LogP contribution in [-0.2, 0) is 4.79 Å². The minimum atomic E-state index is -0.760. The van der Waals surface area contributed by atoms with Crippen LogP contribution in [0.5, 0.6) is 5.75 Å². The van der Waals surface area contributed by atoms with Gasteiger partial charge in [-0.05, 0) is 18.2 Å². The zero-order chi connectivity index (χ0) is 9.84. The first-order valence-corrected chi connectivity index (χ1v) is 4.15. The summed E-state index contributed by atoms with van der Waals surface area (Å²) < 4.78 is 4.67. The van der Waals surface area contributed by atoms with Crippen molar-refractivity contribution < 1.29 is 14.6 Å². The van der Waals surface area contributed by atoms with Gasteiger partial charge in [0.1, 0.15) is 12.4 Å². The Morgan fingerprint density at radius 3 is 2.69 bits per heavy atom. The molecular weight excluding hydrogens is 215 g/mol. The van der Waals surface area contributed by atoms with Crippen LogP contribution in [0.3, 0.4) is 0 Å². The Labute approximate surface area is 84.8 Å². The lowest BCUT2D eigenvalue weighted by Crippen LogP contribution is -2.12. The highest BCUT2D eigenvalue weighted by Crippen LogP contribution is 2.27. The molecule has 1 rings (SSSR count). The maximum atomic E-state index is 10.7. The first-order valence-electron chi connectivity index (χ1n) is 3.40. The number of aliphatic hydroxyl groups is 1. The molecule has 0 unspecified atom stereocenters. The standard InChI is InChI=1S/C8H6Cl2O3/c9-5-1-2-7(6(10)3-5)13-8(12)4-11/h1-3,11H,4H2. The van der Waals surface area contributed by atoms with Gasteiger partial charge in [-0.2, -0.15) is 0 Å². The summed E-state index contributed by atoms with van der Waals surface area (Å²) in [4.78, 5) is 10.7. The molecule has 3 nitrogen and oxygen atoms in total. The van der Waals surface area contributed by atoms with Gasteiger partial charge in [0.25, 0.3) is 0 Å². The topological polar surface area (TPSA) is 46.5 Å². The number of carbonyl (C=O) groups excluding carboxylic acids is 1. The minimum absolute atomic E-state index is 0.185. The highest BCUT2D eigenvalue weighted by Gasteiger charge is 2.06. The monoisotopic (exact) mass is 220 g/mol. The second-order valence-electron chi connectivity index (χ2n) is 2.21.